The van der Waals surface area contributed by atoms with Gasteiger partial charge >= 0.3 is 0 Å². The molecule has 1 aliphatic heterocycles. The summed E-state index contributed by atoms with van der Waals surface area (Å²) in [5.41, 5.74) is 3.68. The Morgan fingerprint density at radius 2 is 1.92 bits per heavy atom. The van der Waals surface area contributed by atoms with Gasteiger partial charge in [0.1, 0.15) is 0 Å². The van der Waals surface area contributed by atoms with Crippen molar-refractivity contribution in [2.75, 3.05) is 19.0 Å². The number of anilines is 1. The van der Waals surface area contributed by atoms with Crippen molar-refractivity contribution in [3.05, 3.63) is 61.9 Å². The Labute approximate surface area is 171 Å². The number of carbonyl (C=O) groups excluding carboxylic acids is 1. The molecule has 0 aliphatic carbocycles. The predicted molar refractivity (Wildman–Crippen MR) is 116 cm³/mol. The fourth-order valence-corrected chi connectivity index (χ4v) is 4.82. The van der Waals surface area contributed by atoms with E-state index in [-0.39, 0.29) is 11.9 Å². The predicted octanol–water partition coefficient (Wildman–Crippen LogP) is 4.62. The molecule has 1 aliphatic rings. The molecule has 0 bridgehead atoms. The van der Waals surface area contributed by atoms with E-state index in [0.717, 1.165) is 20.7 Å². The second kappa shape index (κ2) is 7.50. The summed E-state index contributed by atoms with van der Waals surface area (Å²) in [6.45, 7) is 4.00. The lowest BCUT2D eigenvalue weighted by Crippen LogP contribution is -2.49. The molecule has 2 aromatic rings. The van der Waals surface area contributed by atoms with Gasteiger partial charge in [-0.3, -0.25) is 9.69 Å². The van der Waals surface area contributed by atoms with E-state index in [1.165, 1.54) is 5.56 Å². The fourth-order valence-electron chi connectivity index (χ4n) is 2.96. The quantitative estimate of drug-likeness (QED) is 0.693. The first-order valence-corrected chi connectivity index (χ1v) is 10.2. The van der Waals surface area contributed by atoms with Crippen LogP contribution >= 0.6 is 39.5 Å². The molecule has 1 unspecified atom stereocenters. The topological polar surface area (TPSA) is 35.6 Å². The smallest absolute Gasteiger partial charge is 0.253 e. The molecule has 0 saturated carbocycles. The van der Waals surface area contributed by atoms with Crippen molar-refractivity contribution in [3.63, 3.8) is 0 Å². The van der Waals surface area contributed by atoms with E-state index >= 15 is 0 Å². The Hall–Kier alpha value is -1.70. The van der Waals surface area contributed by atoms with Gasteiger partial charge in [-0.1, -0.05) is 17.7 Å². The number of thiophene rings is 1. The fraction of sp³-hybridized carbons (Fsp3) is 0.263. The van der Waals surface area contributed by atoms with Crippen molar-refractivity contribution in [2.24, 2.45) is 0 Å². The number of carbonyl (C=O) groups is 1. The SMILES string of the molecule is CC1=C(C(=O)N(C)C)C(c2cc(Br)cs2)NC(=S)N1c1ccc(C)cc1. The summed E-state index contributed by atoms with van der Waals surface area (Å²) in [5.74, 6) is -0.0239. The van der Waals surface area contributed by atoms with Crippen LogP contribution in [0.4, 0.5) is 5.69 Å². The monoisotopic (exact) mass is 449 g/mol. The molecule has 0 spiro atoms. The number of hydrogen-bond acceptors (Lipinski definition) is 3. The van der Waals surface area contributed by atoms with Crippen LogP contribution in [0.1, 0.15) is 23.4 Å². The number of thiocarbonyl (C=S) groups is 1. The number of nitrogens with zero attached hydrogens (tertiary/aromatic N) is 2. The average Bonchev–Trinajstić information content (AvgIpc) is 3.02. The van der Waals surface area contributed by atoms with Gasteiger partial charge in [0.25, 0.3) is 5.91 Å². The standard InChI is InChI=1S/C19H20BrN3OS2/c1-11-5-7-14(8-6-11)23-12(2)16(18(24)22(3)4)17(21-19(23)25)15-9-13(20)10-26-15/h5-10,17H,1-4H3,(H,21,25). The van der Waals surface area contributed by atoms with Crippen LogP contribution in [0.15, 0.2) is 51.5 Å². The average molecular weight is 450 g/mol. The summed E-state index contributed by atoms with van der Waals surface area (Å²) in [5, 5.41) is 5.97. The largest absolute Gasteiger partial charge is 0.350 e. The molecule has 1 amide bonds. The van der Waals surface area contributed by atoms with Crippen LogP contribution in [0, 0.1) is 6.92 Å². The minimum atomic E-state index is -0.254. The molecule has 0 saturated heterocycles. The number of benzene rings is 1. The van der Waals surface area contributed by atoms with E-state index in [9.17, 15) is 4.79 Å². The second-order valence-electron chi connectivity index (χ2n) is 6.42. The van der Waals surface area contributed by atoms with Gasteiger partial charge in [-0.05, 0) is 60.2 Å². The lowest BCUT2D eigenvalue weighted by Gasteiger charge is -2.38. The van der Waals surface area contributed by atoms with Crippen LogP contribution in [0.5, 0.6) is 0 Å². The first-order valence-electron chi connectivity index (χ1n) is 8.13. The third-order valence-electron chi connectivity index (χ3n) is 4.29. The Morgan fingerprint density at radius 3 is 2.46 bits per heavy atom. The lowest BCUT2D eigenvalue weighted by molar-refractivity contribution is -0.125. The third kappa shape index (κ3) is 3.56. The molecular weight excluding hydrogens is 430 g/mol. The zero-order valence-corrected chi connectivity index (χ0v) is 18.3. The van der Waals surface area contributed by atoms with Crippen molar-refractivity contribution in [1.82, 2.24) is 10.2 Å². The maximum absolute atomic E-state index is 13.0. The Kier molecular flexibility index (Phi) is 5.50. The molecule has 3 rings (SSSR count). The molecule has 26 heavy (non-hydrogen) atoms. The minimum Gasteiger partial charge on any atom is -0.350 e. The van der Waals surface area contributed by atoms with Crippen molar-refractivity contribution in [1.29, 1.82) is 0 Å². The number of hydrogen-bond donors (Lipinski definition) is 1. The van der Waals surface area contributed by atoms with Crippen LogP contribution in [0.2, 0.25) is 0 Å². The molecule has 136 valence electrons. The number of halogens is 1. The highest BCUT2D eigenvalue weighted by Gasteiger charge is 2.35. The van der Waals surface area contributed by atoms with Crippen LogP contribution < -0.4 is 10.2 Å². The highest BCUT2D eigenvalue weighted by Crippen LogP contribution is 2.37. The van der Waals surface area contributed by atoms with E-state index in [4.69, 9.17) is 12.2 Å². The van der Waals surface area contributed by atoms with E-state index in [0.29, 0.717) is 10.7 Å². The molecule has 7 heteroatoms. The highest BCUT2D eigenvalue weighted by atomic mass is 79.9. The van der Waals surface area contributed by atoms with Crippen LogP contribution in [-0.2, 0) is 4.79 Å². The van der Waals surface area contributed by atoms with Crippen molar-refractivity contribution in [2.45, 2.75) is 19.9 Å². The van der Waals surface area contributed by atoms with Crippen LogP contribution in [-0.4, -0.2) is 30.0 Å². The van der Waals surface area contributed by atoms with Gasteiger partial charge in [0, 0.05) is 40.2 Å². The molecule has 0 radical (unpaired) electrons. The van der Waals surface area contributed by atoms with E-state index in [1.807, 2.05) is 54.5 Å². The lowest BCUT2D eigenvalue weighted by atomic mass is 9.99. The molecule has 1 aromatic carbocycles. The zero-order chi connectivity index (χ0) is 19.0. The molecule has 4 nitrogen and oxygen atoms in total. The van der Waals surface area contributed by atoms with E-state index in [1.54, 1.807) is 30.3 Å². The van der Waals surface area contributed by atoms with Gasteiger partial charge in [0.15, 0.2) is 5.11 Å². The Bertz CT molecular complexity index is 886. The number of allylic oxidation sites excluding steroid dienone is 1. The van der Waals surface area contributed by atoms with Crippen molar-refractivity contribution in [3.8, 4) is 0 Å². The van der Waals surface area contributed by atoms with Gasteiger partial charge in [-0.15, -0.1) is 11.3 Å². The zero-order valence-electron chi connectivity index (χ0n) is 15.0. The van der Waals surface area contributed by atoms with Crippen LogP contribution in [0.25, 0.3) is 0 Å². The Balaban J connectivity index is 2.14. The number of amides is 1. The summed E-state index contributed by atoms with van der Waals surface area (Å²) in [6, 6.07) is 9.90. The molecule has 2 heterocycles. The minimum absolute atomic E-state index is 0.0239. The second-order valence-corrected chi connectivity index (χ2v) is 8.66. The van der Waals surface area contributed by atoms with E-state index in [2.05, 4.69) is 21.2 Å². The van der Waals surface area contributed by atoms with Gasteiger partial charge < -0.3 is 10.2 Å². The summed E-state index contributed by atoms with van der Waals surface area (Å²) >= 11 is 10.8. The van der Waals surface area contributed by atoms with Gasteiger partial charge in [0.2, 0.25) is 0 Å². The third-order valence-corrected chi connectivity index (χ3v) is 6.34. The van der Waals surface area contributed by atoms with Crippen molar-refractivity contribution >= 4 is 56.2 Å². The Morgan fingerprint density at radius 1 is 1.27 bits per heavy atom. The first-order chi connectivity index (χ1) is 12.3. The van der Waals surface area contributed by atoms with Crippen molar-refractivity contribution < 1.29 is 4.79 Å². The first kappa shape index (κ1) is 19.1. The molecule has 1 atom stereocenters. The summed E-state index contributed by atoms with van der Waals surface area (Å²) in [4.78, 5) is 17.6. The summed E-state index contributed by atoms with van der Waals surface area (Å²) < 4.78 is 1.00. The van der Waals surface area contributed by atoms with Gasteiger partial charge in [0.05, 0.1) is 11.6 Å². The number of nitrogens with one attached hydrogen (secondary N) is 1. The molecule has 1 N–H and O–H groups in total. The molecule has 1 aromatic heterocycles. The number of rotatable bonds is 3. The summed E-state index contributed by atoms with van der Waals surface area (Å²) in [7, 11) is 3.54. The van der Waals surface area contributed by atoms with E-state index < -0.39 is 0 Å². The molecular formula is C19H20BrN3OS2. The van der Waals surface area contributed by atoms with Gasteiger partial charge in [-0.2, -0.15) is 0 Å². The summed E-state index contributed by atoms with van der Waals surface area (Å²) in [6.07, 6.45) is 0. The normalized spacial score (nSPS) is 17.3. The van der Waals surface area contributed by atoms with Crippen LogP contribution in [0.3, 0.4) is 0 Å². The maximum atomic E-state index is 13.0. The number of likely N-dealkylation sites (N-methyl/N-ethyl adjacent to an activating group) is 1. The number of aryl methyl sites for hydroxylation is 1. The molecule has 0 fully saturated rings. The maximum Gasteiger partial charge on any atom is 0.253 e. The van der Waals surface area contributed by atoms with Gasteiger partial charge in [-0.25, -0.2) is 0 Å². The highest BCUT2D eigenvalue weighted by molar-refractivity contribution is 9.10.